The minimum Gasteiger partial charge on any atom is -0.245 e. The third-order valence-corrected chi connectivity index (χ3v) is 3.54. The summed E-state index contributed by atoms with van der Waals surface area (Å²) >= 11 is 0. The van der Waals surface area contributed by atoms with Gasteiger partial charge in [0.1, 0.15) is 6.33 Å². The summed E-state index contributed by atoms with van der Waals surface area (Å²) in [5.41, 5.74) is 3.05. The van der Waals surface area contributed by atoms with Crippen molar-refractivity contribution in [3.63, 3.8) is 0 Å². The first-order valence-corrected chi connectivity index (χ1v) is 5.85. The number of aromatic nitrogens is 2. The van der Waals surface area contributed by atoms with Gasteiger partial charge >= 0.3 is 0 Å². The lowest BCUT2D eigenvalue weighted by atomic mass is 9.76. The van der Waals surface area contributed by atoms with E-state index in [0.717, 1.165) is 18.8 Å². The van der Waals surface area contributed by atoms with Gasteiger partial charge in [-0.1, -0.05) is 20.8 Å². The zero-order valence-electron chi connectivity index (χ0n) is 9.95. The highest BCUT2D eigenvalue weighted by atomic mass is 14.8. The van der Waals surface area contributed by atoms with E-state index in [4.69, 9.17) is 0 Å². The van der Waals surface area contributed by atoms with E-state index in [-0.39, 0.29) is 0 Å². The van der Waals surface area contributed by atoms with Crippen molar-refractivity contribution in [2.24, 2.45) is 11.3 Å². The predicted molar refractivity (Wildman–Crippen MR) is 61.6 cm³/mol. The molecule has 0 spiro atoms. The van der Waals surface area contributed by atoms with E-state index in [1.54, 1.807) is 6.33 Å². The number of nitrogens with zero attached hydrogens (tertiary/aromatic N) is 2. The summed E-state index contributed by atoms with van der Waals surface area (Å²) in [5.74, 6) is 0.768. The number of hydrogen-bond donors (Lipinski definition) is 0. The van der Waals surface area contributed by atoms with Gasteiger partial charge in [0.25, 0.3) is 0 Å². The Balaban J connectivity index is 2.25. The second kappa shape index (κ2) is 3.92. The van der Waals surface area contributed by atoms with Crippen LogP contribution in [-0.4, -0.2) is 9.97 Å². The summed E-state index contributed by atoms with van der Waals surface area (Å²) in [6.07, 6.45) is 8.55. The fourth-order valence-electron chi connectivity index (χ4n) is 2.40. The molecule has 0 aromatic carbocycles. The zero-order valence-corrected chi connectivity index (χ0v) is 9.95. The van der Waals surface area contributed by atoms with Gasteiger partial charge in [0.15, 0.2) is 0 Å². The molecular formula is C13H20N2. The SMILES string of the molecule is CC(C)(C)C1CCCc2ncncc2C1. The third-order valence-electron chi connectivity index (χ3n) is 3.54. The molecule has 82 valence electrons. The minimum atomic E-state index is 0.400. The van der Waals surface area contributed by atoms with Gasteiger partial charge in [0, 0.05) is 11.9 Å². The van der Waals surface area contributed by atoms with Crippen molar-refractivity contribution in [1.29, 1.82) is 0 Å². The van der Waals surface area contributed by atoms with Crippen molar-refractivity contribution in [3.05, 3.63) is 23.8 Å². The number of aryl methyl sites for hydroxylation is 1. The van der Waals surface area contributed by atoms with Crippen LogP contribution in [0.5, 0.6) is 0 Å². The van der Waals surface area contributed by atoms with Crippen molar-refractivity contribution in [3.8, 4) is 0 Å². The van der Waals surface area contributed by atoms with Crippen LogP contribution in [0.2, 0.25) is 0 Å². The molecule has 2 heteroatoms. The highest BCUT2D eigenvalue weighted by Crippen LogP contribution is 2.35. The average Bonchev–Trinajstić information content (AvgIpc) is 2.38. The summed E-state index contributed by atoms with van der Waals surface area (Å²) < 4.78 is 0. The van der Waals surface area contributed by atoms with Crippen molar-refractivity contribution in [2.75, 3.05) is 0 Å². The van der Waals surface area contributed by atoms with Crippen LogP contribution in [0.1, 0.15) is 44.9 Å². The summed E-state index contributed by atoms with van der Waals surface area (Å²) in [7, 11) is 0. The number of rotatable bonds is 0. The Morgan fingerprint density at radius 3 is 2.87 bits per heavy atom. The molecule has 0 fully saturated rings. The molecule has 1 unspecified atom stereocenters. The van der Waals surface area contributed by atoms with E-state index in [1.165, 1.54) is 24.1 Å². The van der Waals surface area contributed by atoms with Crippen molar-refractivity contribution in [1.82, 2.24) is 9.97 Å². The molecule has 1 aliphatic rings. The van der Waals surface area contributed by atoms with Crippen LogP contribution in [0, 0.1) is 11.3 Å². The Morgan fingerprint density at radius 1 is 1.33 bits per heavy atom. The van der Waals surface area contributed by atoms with Crippen LogP contribution in [0.3, 0.4) is 0 Å². The topological polar surface area (TPSA) is 25.8 Å². The fourth-order valence-corrected chi connectivity index (χ4v) is 2.40. The van der Waals surface area contributed by atoms with Gasteiger partial charge in [-0.25, -0.2) is 9.97 Å². The molecule has 0 aliphatic heterocycles. The van der Waals surface area contributed by atoms with Gasteiger partial charge in [0.2, 0.25) is 0 Å². The van der Waals surface area contributed by atoms with Crippen molar-refractivity contribution in [2.45, 2.75) is 46.5 Å². The van der Waals surface area contributed by atoms with Gasteiger partial charge in [-0.2, -0.15) is 0 Å². The Hall–Kier alpha value is -0.920. The lowest BCUT2D eigenvalue weighted by Crippen LogP contribution is -2.22. The largest absolute Gasteiger partial charge is 0.245 e. The van der Waals surface area contributed by atoms with Crippen LogP contribution >= 0.6 is 0 Å². The van der Waals surface area contributed by atoms with E-state index < -0.39 is 0 Å². The van der Waals surface area contributed by atoms with Gasteiger partial charge in [-0.05, 0) is 42.6 Å². The molecule has 0 radical (unpaired) electrons. The second-order valence-corrected chi connectivity index (χ2v) is 5.65. The van der Waals surface area contributed by atoms with Crippen LogP contribution in [0.15, 0.2) is 12.5 Å². The predicted octanol–water partition coefficient (Wildman–Crippen LogP) is 3.02. The lowest BCUT2D eigenvalue weighted by Gasteiger charge is -2.29. The molecule has 1 aromatic rings. The Kier molecular flexibility index (Phi) is 2.76. The maximum atomic E-state index is 4.38. The Bertz CT molecular complexity index is 339. The second-order valence-electron chi connectivity index (χ2n) is 5.65. The van der Waals surface area contributed by atoms with Crippen LogP contribution in [-0.2, 0) is 12.8 Å². The van der Waals surface area contributed by atoms with E-state index in [0.29, 0.717) is 5.41 Å². The molecule has 0 bridgehead atoms. The zero-order chi connectivity index (χ0) is 10.9. The van der Waals surface area contributed by atoms with Gasteiger partial charge in [-0.15, -0.1) is 0 Å². The molecule has 0 N–H and O–H groups in total. The highest BCUT2D eigenvalue weighted by Gasteiger charge is 2.27. The first-order valence-electron chi connectivity index (χ1n) is 5.85. The highest BCUT2D eigenvalue weighted by molar-refractivity contribution is 5.18. The summed E-state index contributed by atoms with van der Waals surface area (Å²) in [6, 6.07) is 0. The smallest absolute Gasteiger partial charge is 0.115 e. The summed E-state index contributed by atoms with van der Waals surface area (Å²) in [4.78, 5) is 8.53. The van der Waals surface area contributed by atoms with E-state index >= 15 is 0 Å². The molecule has 15 heavy (non-hydrogen) atoms. The monoisotopic (exact) mass is 204 g/mol. The molecule has 1 heterocycles. The molecule has 1 atom stereocenters. The molecule has 1 aromatic heterocycles. The van der Waals surface area contributed by atoms with E-state index in [2.05, 4.69) is 30.7 Å². The molecular weight excluding hydrogens is 184 g/mol. The van der Waals surface area contributed by atoms with E-state index in [9.17, 15) is 0 Å². The minimum absolute atomic E-state index is 0.400. The van der Waals surface area contributed by atoms with Crippen LogP contribution in [0.4, 0.5) is 0 Å². The Morgan fingerprint density at radius 2 is 2.13 bits per heavy atom. The van der Waals surface area contributed by atoms with Crippen LogP contribution in [0.25, 0.3) is 0 Å². The maximum Gasteiger partial charge on any atom is 0.115 e. The van der Waals surface area contributed by atoms with Gasteiger partial charge < -0.3 is 0 Å². The molecule has 2 rings (SSSR count). The quantitative estimate of drug-likeness (QED) is 0.607. The van der Waals surface area contributed by atoms with Crippen LogP contribution < -0.4 is 0 Å². The maximum absolute atomic E-state index is 4.38. The fraction of sp³-hybridized carbons (Fsp3) is 0.692. The normalized spacial score (nSPS) is 21.9. The van der Waals surface area contributed by atoms with Crippen molar-refractivity contribution < 1.29 is 0 Å². The summed E-state index contributed by atoms with van der Waals surface area (Å²) in [5, 5.41) is 0. The standard InChI is InChI=1S/C13H20N2/c1-13(2,3)11-5-4-6-12-10(7-11)8-14-9-15-12/h8-9,11H,4-7H2,1-3H3. The molecule has 2 nitrogen and oxygen atoms in total. The van der Waals surface area contributed by atoms with Gasteiger partial charge in [-0.3, -0.25) is 0 Å². The molecule has 1 aliphatic carbocycles. The summed E-state index contributed by atoms with van der Waals surface area (Å²) in [6.45, 7) is 7.02. The Labute approximate surface area is 92.1 Å². The number of hydrogen-bond acceptors (Lipinski definition) is 2. The van der Waals surface area contributed by atoms with Gasteiger partial charge in [0.05, 0.1) is 0 Å². The first-order chi connectivity index (χ1) is 7.07. The first kappa shape index (κ1) is 10.6. The van der Waals surface area contributed by atoms with Crippen molar-refractivity contribution >= 4 is 0 Å². The third kappa shape index (κ3) is 2.36. The molecule has 0 saturated heterocycles. The molecule has 0 amide bonds. The van der Waals surface area contributed by atoms with E-state index in [1.807, 2.05) is 6.20 Å². The number of fused-ring (bicyclic) bond motifs is 1. The molecule has 0 saturated carbocycles. The average molecular weight is 204 g/mol. The lowest BCUT2D eigenvalue weighted by molar-refractivity contribution is 0.224.